The first-order chi connectivity index (χ1) is 23.7. The van der Waals surface area contributed by atoms with Gasteiger partial charge in [0.15, 0.2) is 0 Å². The van der Waals surface area contributed by atoms with Crippen LogP contribution < -0.4 is 19.1 Å². The Hall–Kier alpha value is -4.54. The summed E-state index contributed by atoms with van der Waals surface area (Å²) in [6.45, 7) is -0.627. The molecule has 0 radical (unpaired) electrons. The first-order valence-electron chi connectivity index (χ1n) is 16.4. The van der Waals surface area contributed by atoms with Crippen molar-refractivity contribution in [2.24, 2.45) is 0 Å². The largest absolute Gasteiger partial charge is 0.497 e. The number of carbonyl (C=O) groups excluding carboxylic acids is 2. The number of methoxy groups -OCH3 is 2. The van der Waals surface area contributed by atoms with Gasteiger partial charge in [-0.15, -0.1) is 0 Å². The Balaban J connectivity index is 1.59. The molecule has 0 aromatic heterocycles. The van der Waals surface area contributed by atoms with Crippen molar-refractivity contribution in [3.8, 4) is 11.5 Å². The Morgan fingerprint density at radius 2 is 1.49 bits per heavy atom. The fourth-order valence-corrected chi connectivity index (χ4v) is 7.75. The molecule has 1 N–H and O–H groups in total. The van der Waals surface area contributed by atoms with Gasteiger partial charge in [0.1, 0.15) is 24.1 Å². The van der Waals surface area contributed by atoms with E-state index in [2.05, 4.69) is 5.32 Å². The van der Waals surface area contributed by atoms with Crippen LogP contribution in [-0.2, 0) is 32.6 Å². The van der Waals surface area contributed by atoms with Crippen molar-refractivity contribution < 1.29 is 27.5 Å². The lowest BCUT2D eigenvalue weighted by atomic mass is 9.94. The molecule has 1 atom stereocenters. The third-order valence-electron chi connectivity index (χ3n) is 8.80. The minimum Gasteiger partial charge on any atom is -0.497 e. The average molecular weight is 704 g/mol. The third kappa shape index (κ3) is 8.93. The minimum absolute atomic E-state index is 0.00248. The molecule has 0 aliphatic heterocycles. The molecule has 1 aliphatic rings. The molecule has 0 spiro atoms. The molecule has 0 heterocycles. The van der Waals surface area contributed by atoms with Crippen molar-refractivity contribution in [3.05, 3.63) is 119 Å². The Labute approximate surface area is 293 Å². The first-order valence-corrected chi connectivity index (χ1v) is 18.2. The number of rotatable bonds is 14. The molecule has 5 rings (SSSR count). The highest BCUT2D eigenvalue weighted by Gasteiger charge is 2.36. The lowest BCUT2D eigenvalue weighted by Crippen LogP contribution is -2.55. The van der Waals surface area contributed by atoms with Gasteiger partial charge in [0.05, 0.1) is 24.8 Å². The summed E-state index contributed by atoms with van der Waals surface area (Å²) in [4.78, 5) is 30.5. The highest BCUT2D eigenvalue weighted by atomic mass is 35.5. The molecule has 11 heteroatoms. The van der Waals surface area contributed by atoms with E-state index in [4.69, 9.17) is 21.1 Å². The van der Waals surface area contributed by atoms with Crippen LogP contribution in [0.1, 0.15) is 43.2 Å². The molecule has 0 saturated heterocycles. The van der Waals surface area contributed by atoms with E-state index in [0.717, 1.165) is 42.0 Å². The molecule has 9 nitrogen and oxygen atoms in total. The molecule has 258 valence electrons. The summed E-state index contributed by atoms with van der Waals surface area (Å²) in [5, 5.41) is 3.65. The molecule has 2 amide bonds. The van der Waals surface area contributed by atoms with Gasteiger partial charge >= 0.3 is 0 Å². The van der Waals surface area contributed by atoms with E-state index >= 15 is 0 Å². The second kappa shape index (κ2) is 16.7. The molecule has 1 aliphatic carbocycles. The van der Waals surface area contributed by atoms with Crippen LogP contribution >= 0.6 is 11.6 Å². The molecular formula is C38H42ClN3O6S. The van der Waals surface area contributed by atoms with Crippen LogP contribution in [0.5, 0.6) is 11.5 Å². The average Bonchev–Trinajstić information content (AvgIpc) is 3.13. The van der Waals surface area contributed by atoms with Crippen LogP contribution in [0.2, 0.25) is 5.02 Å². The molecule has 0 bridgehead atoms. The summed E-state index contributed by atoms with van der Waals surface area (Å²) in [7, 11) is -1.39. The van der Waals surface area contributed by atoms with Crippen LogP contribution in [0.4, 0.5) is 5.69 Å². The minimum atomic E-state index is -4.33. The number of para-hydroxylation sites is 2. The Morgan fingerprint density at radius 3 is 2.16 bits per heavy atom. The summed E-state index contributed by atoms with van der Waals surface area (Å²) < 4.78 is 40.6. The number of carbonyl (C=O) groups is 2. The monoisotopic (exact) mass is 703 g/mol. The lowest BCUT2D eigenvalue weighted by molar-refractivity contribution is -0.140. The van der Waals surface area contributed by atoms with Gasteiger partial charge in [-0.3, -0.25) is 13.9 Å². The van der Waals surface area contributed by atoms with Crippen LogP contribution in [-0.4, -0.2) is 58.0 Å². The van der Waals surface area contributed by atoms with E-state index in [1.54, 1.807) is 54.6 Å². The summed E-state index contributed by atoms with van der Waals surface area (Å²) in [6.07, 6.45) is 5.11. The predicted molar refractivity (Wildman–Crippen MR) is 191 cm³/mol. The zero-order chi connectivity index (χ0) is 34.8. The van der Waals surface area contributed by atoms with E-state index in [1.807, 2.05) is 36.4 Å². The summed E-state index contributed by atoms with van der Waals surface area (Å²) in [5.41, 5.74) is 1.66. The maximum atomic E-state index is 14.8. The Morgan fingerprint density at radius 1 is 0.837 bits per heavy atom. The number of amides is 2. The zero-order valence-corrected chi connectivity index (χ0v) is 29.3. The normalized spacial score (nSPS) is 14.0. The van der Waals surface area contributed by atoms with E-state index < -0.39 is 28.5 Å². The second-order valence-corrected chi connectivity index (χ2v) is 14.3. The van der Waals surface area contributed by atoms with E-state index in [1.165, 1.54) is 31.3 Å². The van der Waals surface area contributed by atoms with Crippen LogP contribution in [0.15, 0.2) is 108 Å². The van der Waals surface area contributed by atoms with Crippen molar-refractivity contribution in [1.82, 2.24) is 10.2 Å². The van der Waals surface area contributed by atoms with Crippen molar-refractivity contribution in [2.75, 3.05) is 25.1 Å². The zero-order valence-electron chi connectivity index (χ0n) is 27.8. The van der Waals surface area contributed by atoms with Gasteiger partial charge < -0.3 is 19.7 Å². The number of sulfonamides is 1. The van der Waals surface area contributed by atoms with Crippen LogP contribution in [0.3, 0.4) is 0 Å². The van der Waals surface area contributed by atoms with E-state index in [9.17, 15) is 18.0 Å². The number of hydrogen-bond acceptors (Lipinski definition) is 6. The number of benzene rings is 4. The van der Waals surface area contributed by atoms with Gasteiger partial charge in [-0.25, -0.2) is 8.42 Å². The maximum Gasteiger partial charge on any atom is 0.264 e. The Kier molecular flexibility index (Phi) is 12.2. The lowest BCUT2D eigenvalue weighted by Gasteiger charge is -2.35. The summed E-state index contributed by atoms with van der Waals surface area (Å²) in [5.74, 6) is -0.126. The molecule has 49 heavy (non-hydrogen) atoms. The van der Waals surface area contributed by atoms with Gasteiger partial charge in [0.2, 0.25) is 11.8 Å². The van der Waals surface area contributed by atoms with E-state index in [-0.39, 0.29) is 41.2 Å². The van der Waals surface area contributed by atoms with Crippen molar-refractivity contribution in [2.45, 2.75) is 62.0 Å². The van der Waals surface area contributed by atoms with Gasteiger partial charge in [-0.1, -0.05) is 91.5 Å². The number of ether oxygens (including phenoxy) is 2. The highest BCUT2D eigenvalue weighted by Crippen LogP contribution is 2.33. The summed E-state index contributed by atoms with van der Waals surface area (Å²) >= 11 is 6.62. The molecule has 0 unspecified atom stereocenters. The van der Waals surface area contributed by atoms with E-state index in [0.29, 0.717) is 16.3 Å². The standard InChI is InChI=1S/C38H42ClN3O6S/c1-47-31-21-23-32(24-22-31)49(45,46)42(34-19-11-12-20-36(34)48-2)27-37(43)41(26-29-15-9-10-18-33(29)39)35(25-28-13-5-3-6-14-28)38(44)40-30-16-7-4-8-17-30/h3,5-6,9-15,18-24,30,35H,4,7-8,16-17,25-27H2,1-2H3,(H,40,44)/t35-/m1/s1. The quantitative estimate of drug-likeness (QED) is 0.158. The number of halogens is 1. The fourth-order valence-electron chi connectivity index (χ4n) is 6.13. The highest BCUT2D eigenvalue weighted by molar-refractivity contribution is 7.92. The fraction of sp³-hybridized carbons (Fsp3) is 0.316. The van der Waals surface area contributed by atoms with Crippen LogP contribution in [0.25, 0.3) is 0 Å². The van der Waals surface area contributed by atoms with Gasteiger partial charge in [0.25, 0.3) is 10.0 Å². The second-order valence-electron chi connectivity index (χ2n) is 12.0. The molecule has 1 saturated carbocycles. The Bertz CT molecular complexity index is 1810. The molecule has 4 aromatic carbocycles. The summed E-state index contributed by atoms with van der Waals surface area (Å²) in [6, 6.07) is 28.2. The predicted octanol–water partition coefficient (Wildman–Crippen LogP) is 6.64. The van der Waals surface area contributed by atoms with Gasteiger partial charge in [-0.2, -0.15) is 0 Å². The smallest absolute Gasteiger partial charge is 0.264 e. The maximum absolute atomic E-state index is 14.8. The van der Waals surface area contributed by atoms with Gasteiger partial charge in [-0.05, 0) is 66.4 Å². The first kappa shape index (κ1) is 35.8. The van der Waals surface area contributed by atoms with Crippen molar-refractivity contribution >= 4 is 39.1 Å². The number of hydrogen-bond donors (Lipinski definition) is 1. The number of anilines is 1. The van der Waals surface area contributed by atoms with Crippen molar-refractivity contribution in [1.29, 1.82) is 0 Å². The van der Waals surface area contributed by atoms with Crippen LogP contribution in [0, 0.1) is 0 Å². The topological polar surface area (TPSA) is 105 Å². The SMILES string of the molecule is COc1ccc(S(=O)(=O)N(CC(=O)N(Cc2ccccc2Cl)[C@H](Cc2ccccc2)C(=O)NC2CCCCC2)c2ccccc2OC)cc1. The number of nitrogens with one attached hydrogen (secondary N) is 1. The molecule has 4 aromatic rings. The van der Waals surface area contributed by atoms with Crippen molar-refractivity contribution in [3.63, 3.8) is 0 Å². The van der Waals surface area contributed by atoms with Gasteiger partial charge in [0, 0.05) is 24.0 Å². The molecular weight excluding hydrogens is 662 g/mol. The number of nitrogens with zero attached hydrogens (tertiary/aromatic N) is 2. The molecule has 1 fully saturated rings. The third-order valence-corrected chi connectivity index (χ3v) is 10.9.